The molecule has 0 amide bonds. The first-order valence-corrected chi connectivity index (χ1v) is 3.12. The van der Waals surface area contributed by atoms with Crippen LogP contribution in [-0.4, -0.2) is 23.4 Å². The molecule has 1 unspecified atom stereocenters. The summed E-state index contributed by atoms with van der Waals surface area (Å²) in [6.07, 6.45) is -8.79. The van der Waals surface area contributed by atoms with E-state index in [1.165, 1.54) is 0 Å². The van der Waals surface area contributed by atoms with Gasteiger partial charge in [0, 0.05) is 0 Å². The molecular weight excluding hydrogens is 214 g/mol. The molecule has 0 aliphatic heterocycles. The number of hydrogen-bond acceptors (Lipinski definition) is 0. The Morgan fingerprint density at radius 2 is 1.55 bits per heavy atom. The number of hydrogen-bond donors (Lipinski definition) is 0. The summed E-state index contributed by atoms with van der Waals surface area (Å²) in [6, 6.07) is 0. The average Bonchev–Trinajstić information content (AvgIpc) is 1.84. The Morgan fingerprint density at radius 1 is 1.18 bits per heavy atom. The molecule has 0 bridgehead atoms. The maximum Gasteiger partial charge on any atom is 0.422 e. The van der Waals surface area contributed by atoms with Crippen LogP contribution < -0.4 is 0 Å². The van der Waals surface area contributed by atoms with Gasteiger partial charge in [-0.2, -0.15) is 13.2 Å². The highest BCUT2D eigenvalue weighted by atomic mass is 35.5. The first-order chi connectivity index (χ1) is 4.72. The maximum atomic E-state index is 12.1. The van der Waals surface area contributed by atoms with Crippen molar-refractivity contribution in [2.75, 3.05) is 6.67 Å². The Bertz CT molecular complexity index is 131. The quantitative estimate of drug-likeness (QED) is 0.492. The lowest BCUT2D eigenvalue weighted by atomic mass is 10.3. The third-order valence-corrected chi connectivity index (χ3v) is 1.42. The third-order valence-electron chi connectivity index (χ3n) is 0.836. The van der Waals surface area contributed by atoms with Crippen LogP contribution in [0.15, 0.2) is 0 Å². The first-order valence-electron chi connectivity index (χ1n) is 2.36. The van der Waals surface area contributed by atoms with Crippen LogP contribution in [-0.2, 0) is 0 Å². The predicted molar refractivity (Wildman–Crippen MR) is 31.4 cm³/mol. The van der Waals surface area contributed by atoms with Crippen molar-refractivity contribution in [1.82, 2.24) is 0 Å². The monoisotopic (exact) mass is 216 g/mol. The van der Waals surface area contributed by atoms with Gasteiger partial charge in [0.2, 0.25) is 6.17 Å². The van der Waals surface area contributed by atoms with E-state index in [0.717, 1.165) is 0 Å². The molecule has 0 fully saturated rings. The van der Waals surface area contributed by atoms with E-state index in [2.05, 4.69) is 23.2 Å². The molecule has 0 radical (unpaired) electrons. The molecule has 0 saturated heterocycles. The Morgan fingerprint density at radius 3 is 1.64 bits per heavy atom. The van der Waals surface area contributed by atoms with Crippen LogP contribution in [0.5, 0.6) is 0 Å². The fraction of sp³-hybridized carbons (Fsp3) is 1.00. The summed E-state index contributed by atoms with van der Waals surface area (Å²) in [5.74, 6) is 0. The summed E-state index contributed by atoms with van der Waals surface area (Å²) < 4.78 is 54.8. The minimum atomic E-state index is -5.23. The summed E-state index contributed by atoms with van der Waals surface area (Å²) >= 11 is 9.30. The van der Waals surface area contributed by atoms with E-state index in [4.69, 9.17) is 0 Å². The third kappa shape index (κ3) is 2.99. The van der Waals surface area contributed by atoms with Gasteiger partial charge in [0.1, 0.15) is 6.67 Å². The summed E-state index contributed by atoms with van der Waals surface area (Å²) in [5, 5.41) is 0. The van der Waals surface area contributed by atoms with Gasteiger partial charge in [0.25, 0.3) is 0 Å². The van der Waals surface area contributed by atoms with Gasteiger partial charge in [0.15, 0.2) is 4.33 Å². The topological polar surface area (TPSA) is 0 Å². The number of rotatable bonds is 2. The molecule has 0 nitrogen and oxygen atoms in total. The average molecular weight is 217 g/mol. The van der Waals surface area contributed by atoms with Gasteiger partial charge in [0.05, 0.1) is 0 Å². The maximum absolute atomic E-state index is 12.1. The minimum Gasteiger partial charge on any atom is -0.248 e. The van der Waals surface area contributed by atoms with Crippen LogP contribution in [0.3, 0.4) is 0 Å². The van der Waals surface area contributed by atoms with Crippen molar-refractivity contribution in [3.05, 3.63) is 0 Å². The van der Waals surface area contributed by atoms with Gasteiger partial charge < -0.3 is 0 Å². The van der Waals surface area contributed by atoms with Crippen LogP contribution in [0, 0.1) is 0 Å². The smallest absolute Gasteiger partial charge is 0.248 e. The standard InChI is InChI=1S/C4H3Cl2F5/c5-3(6,1-7)2(8)4(9,10)11/h2H,1H2. The molecule has 0 aromatic carbocycles. The lowest BCUT2D eigenvalue weighted by molar-refractivity contribution is -0.184. The van der Waals surface area contributed by atoms with E-state index in [1.807, 2.05) is 0 Å². The molecule has 0 saturated carbocycles. The van der Waals surface area contributed by atoms with E-state index in [9.17, 15) is 22.0 Å². The van der Waals surface area contributed by atoms with Gasteiger partial charge in [-0.1, -0.05) is 23.2 Å². The fourth-order valence-corrected chi connectivity index (χ4v) is 0.555. The Labute approximate surface area is 69.3 Å². The SMILES string of the molecule is FCC(Cl)(Cl)C(F)C(F)(F)F. The molecule has 0 rings (SSSR count). The summed E-state index contributed by atoms with van der Waals surface area (Å²) in [6.45, 7) is -1.79. The van der Waals surface area contributed by atoms with E-state index in [-0.39, 0.29) is 0 Å². The van der Waals surface area contributed by atoms with E-state index in [0.29, 0.717) is 0 Å². The summed E-state index contributed by atoms with van der Waals surface area (Å²) in [5.41, 5.74) is 0. The number of alkyl halides is 7. The number of halogens is 7. The van der Waals surface area contributed by atoms with Crippen molar-refractivity contribution in [2.45, 2.75) is 16.7 Å². The van der Waals surface area contributed by atoms with E-state index < -0.39 is 23.4 Å². The van der Waals surface area contributed by atoms with Crippen LogP contribution >= 0.6 is 23.2 Å². The van der Waals surface area contributed by atoms with Crippen molar-refractivity contribution in [3.63, 3.8) is 0 Å². The lowest BCUT2D eigenvalue weighted by Crippen LogP contribution is -2.41. The van der Waals surface area contributed by atoms with Gasteiger partial charge in [-0.05, 0) is 0 Å². The highest BCUT2D eigenvalue weighted by Crippen LogP contribution is 2.38. The van der Waals surface area contributed by atoms with Crippen LogP contribution in [0.1, 0.15) is 0 Å². The predicted octanol–water partition coefficient (Wildman–Crippen LogP) is 3.03. The molecule has 1 atom stereocenters. The molecule has 0 N–H and O–H groups in total. The molecule has 0 aliphatic carbocycles. The Hall–Kier alpha value is 0.230. The van der Waals surface area contributed by atoms with Gasteiger partial charge in [-0.3, -0.25) is 0 Å². The Kier molecular flexibility index (Phi) is 3.38. The second-order valence-electron chi connectivity index (χ2n) is 1.80. The molecule has 0 heterocycles. The van der Waals surface area contributed by atoms with Crippen molar-refractivity contribution >= 4 is 23.2 Å². The minimum absolute atomic E-state index is 1.79. The highest BCUT2D eigenvalue weighted by Gasteiger charge is 2.53. The molecule has 7 heteroatoms. The van der Waals surface area contributed by atoms with Crippen LogP contribution in [0.4, 0.5) is 22.0 Å². The summed E-state index contributed by atoms with van der Waals surface area (Å²) in [4.78, 5) is 0. The first kappa shape index (κ1) is 11.2. The molecule has 0 aromatic rings. The molecule has 68 valence electrons. The zero-order chi connectivity index (χ0) is 9.28. The molecule has 0 aromatic heterocycles. The van der Waals surface area contributed by atoms with E-state index >= 15 is 0 Å². The largest absolute Gasteiger partial charge is 0.422 e. The zero-order valence-corrected chi connectivity index (χ0v) is 6.44. The van der Waals surface area contributed by atoms with Gasteiger partial charge in [-0.15, -0.1) is 0 Å². The van der Waals surface area contributed by atoms with Crippen molar-refractivity contribution in [3.8, 4) is 0 Å². The lowest BCUT2D eigenvalue weighted by Gasteiger charge is -2.22. The van der Waals surface area contributed by atoms with Crippen LogP contribution in [0.2, 0.25) is 0 Å². The molecule has 0 aliphatic rings. The van der Waals surface area contributed by atoms with Crippen molar-refractivity contribution in [2.24, 2.45) is 0 Å². The summed E-state index contributed by atoms with van der Waals surface area (Å²) in [7, 11) is 0. The second-order valence-corrected chi connectivity index (χ2v) is 3.34. The zero-order valence-electron chi connectivity index (χ0n) is 4.93. The molecular formula is C4H3Cl2F5. The molecule has 11 heavy (non-hydrogen) atoms. The van der Waals surface area contributed by atoms with Gasteiger partial charge >= 0.3 is 6.18 Å². The van der Waals surface area contributed by atoms with Crippen molar-refractivity contribution < 1.29 is 22.0 Å². The fourth-order valence-electron chi connectivity index (χ4n) is 0.307. The van der Waals surface area contributed by atoms with E-state index in [1.54, 1.807) is 0 Å². The van der Waals surface area contributed by atoms with Crippen molar-refractivity contribution in [1.29, 1.82) is 0 Å². The normalized spacial score (nSPS) is 16.6. The van der Waals surface area contributed by atoms with Gasteiger partial charge in [-0.25, -0.2) is 8.78 Å². The molecule has 0 spiro atoms. The highest BCUT2D eigenvalue weighted by molar-refractivity contribution is 6.49. The Balaban J connectivity index is 4.35. The second kappa shape index (κ2) is 3.31. The van der Waals surface area contributed by atoms with Crippen LogP contribution in [0.25, 0.3) is 0 Å².